The van der Waals surface area contributed by atoms with Crippen LogP contribution in [0.1, 0.15) is 89.5 Å². The van der Waals surface area contributed by atoms with Crippen LogP contribution in [0.3, 0.4) is 0 Å². The third-order valence-electron chi connectivity index (χ3n) is 5.60. The third-order valence-corrected chi connectivity index (χ3v) is 5.60. The minimum atomic E-state index is -1.04. The van der Waals surface area contributed by atoms with Crippen molar-refractivity contribution in [1.29, 1.82) is 0 Å². The van der Waals surface area contributed by atoms with Crippen LogP contribution in [0.4, 0.5) is 0 Å². The number of carboxylic acids is 1. The molecule has 0 aliphatic rings. The summed E-state index contributed by atoms with van der Waals surface area (Å²) in [6.45, 7) is 10.2. The van der Waals surface area contributed by atoms with E-state index in [1.54, 1.807) is 6.07 Å². The van der Waals surface area contributed by atoms with Gasteiger partial charge in [0.25, 0.3) is 0 Å². The van der Waals surface area contributed by atoms with Crippen molar-refractivity contribution < 1.29 is 19.4 Å². The van der Waals surface area contributed by atoms with Gasteiger partial charge in [-0.05, 0) is 48.9 Å². The Bertz CT molecular complexity index is 818. The second kappa shape index (κ2) is 13.2. The second-order valence-corrected chi connectivity index (χ2v) is 8.94. The Balaban J connectivity index is 2.05. The maximum Gasteiger partial charge on any atom is 0.354 e. The number of aromatic nitrogens is 1. The van der Waals surface area contributed by atoms with Crippen LogP contribution < -0.4 is 9.47 Å². The van der Waals surface area contributed by atoms with Crippen LogP contribution in [-0.4, -0.2) is 29.3 Å². The molecule has 1 aromatic heterocycles. The number of unbranched alkanes of at least 4 members (excludes halogenated alkanes) is 3. The van der Waals surface area contributed by atoms with Crippen molar-refractivity contribution in [3.8, 4) is 11.5 Å². The van der Waals surface area contributed by atoms with Gasteiger partial charge < -0.3 is 14.6 Å². The van der Waals surface area contributed by atoms with Crippen LogP contribution in [0.5, 0.6) is 11.5 Å². The van der Waals surface area contributed by atoms with Crippen LogP contribution in [0.2, 0.25) is 0 Å². The number of rotatable bonds is 15. The maximum absolute atomic E-state index is 11.4. The Morgan fingerprint density at radius 1 is 0.903 bits per heavy atom. The number of pyridine rings is 1. The van der Waals surface area contributed by atoms with Gasteiger partial charge >= 0.3 is 5.97 Å². The summed E-state index contributed by atoms with van der Waals surface area (Å²) in [4.78, 5) is 15.8. The van der Waals surface area contributed by atoms with E-state index >= 15 is 0 Å². The molecule has 0 aliphatic heterocycles. The molecule has 5 heteroatoms. The number of hydrogen-bond donors (Lipinski definition) is 1. The van der Waals surface area contributed by atoms with Crippen LogP contribution in [0.15, 0.2) is 24.3 Å². The van der Waals surface area contributed by atoms with Crippen LogP contribution in [0.25, 0.3) is 10.9 Å². The lowest BCUT2D eigenvalue weighted by atomic mass is 9.98. The highest BCUT2D eigenvalue weighted by Crippen LogP contribution is 2.33. The molecule has 0 amide bonds. The highest BCUT2D eigenvalue weighted by molar-refractivity contribution is 5.94. The number of carboxylic acid groups (broad SMARTS) is 1. The Labute approximate surface area is 187 Å². The quantitative estimate of drug-likeness (QED) is 0.305. The zero-order chi connectivity index (χ0) is 22.6. The van der Waals surface area contributed by atoms with Crippen molar-refractivity contribution in [2.75, 3.05) is 13.2 Å². The molecule has 1 aromatic carbocycles. The zero-order valence-corrected chi connectivity index (χ0v) is 19.7. The number of carbonyl (C=O) groups is 1. The van der Waals surface area contributed by atoms with Gasteiger partial charge in [-0.3, -0.25) is 0 Å². The molecule has 0 spiro atoms. The molecule has 0 fully saturated rings. The van der Waals surface area contributed by atoms with E-state index in [0.29, 0.717) is 30.4 Å². The smallest absolute Gasteiger partial charge is 0.354 e. The first kappa shape index (κ1) is 25.0. The van der Waals surface area contributed by atoms with E-state index in [1.807, 2.05) is 12.1 Å². The lowest BCUT2D eigenvalue weighted by Crippen LogP contribution is -2.06. The van der Waals surface area contributed by atoms with Gasteiger partial charge in [-0.1, -0.05) is 66.2 Å². The first-order valence-electron chi connectivity index (χ1n) is 11.8. The standard InChI is InChI=1S/C26H39NO4/c1-5-6-7-8-17-30-24-15-14-23(21-12-13-22(26(28)29)27-25(21)24)31-18-16-20(4)11-9-10-19(2)3/h12-15,19-20H,5-11,16-18H2,1-4H3,(H,28,29). The van der Waals surface area contributed by atoms with Gasteiger partial charge in [-0.15, -0.1) is 0 Å². The SMILES string of the molecule is CCCCCCOc1ccc(OCCC(C)CCCC(C)C)c2ccc(C(=O)O)nc12. The van der Waals surface area contributed by atoms with Gasteiger partial charge in [0.05, 0.1) is 13.2 Å². The van der Waals surface area contributed by atoms with Crippen molar-refractivity contribution in [3.05, 3.63) is 30.0 Å². The lowest BCUT2D eigenvalue weighted by molar-refractivity contribution is 0.0691. The minimum absolute atomic E-state index is 0.0132. The molecule has 2 aromatic rings. The van der Waals surface area contributed by atoms with E-state index in [0.717, 1.165) is 36.3 Å². The first-order chi connectivity index (χ1) is 14.9. The van der Waals surface area contributed by atoms with Crippen molar-refractivity contribution >= 4 is 16.9 Å². The zero-order valence-electron chi connectivity index (χ0n) is 19.7. The normalized spacial score (nSPS) is 12.3. The van der Waals surface area contributed by atoms with E-state index in [1.165, 1.54) is 38.2 Å². The fourth-order valence-corrected chi connectivity index (χ4v) is 3.63. The summed E-state index contributed by atoms with van der Waals surface area (Å²) < 4.78 is 12.0. The molecular weight excluding hydrogens is 390 g/mol. The largest absolute Gasteiger partial charge is 0.493 e. The van der Waals surface area contributed by atoms with Gasteiger partial charge in [0, 0.05) is 5.39 Å². The predicted octanol–water partition coefficient (Wildman–Crippen LogP) is 7.12. The van der Waals surface area contributed by atoms with E-state index in [2.05, 4.69) is 32.7 Å². The summed E-state index contributed by atoms with van der Waals surface area (Å²) in [5.74, 6) is 1.67. The van der Waals surface area contributed by atoms with Crippen molar-refractivity contribution in [1.82, 2.24) is 4.98 Å². The minimum Gasteiger partial charge on any atom is -0.493 e. The van der Waals surface area contributed by atoms with Gasteiger partial charge in [0.1, 0.15) is 22.7 Å². The summed E-state index contributed by atoms with van der Waals surface area (Å²) in [7, 11) is 0. The van der Waals surface area contributed by atoms with E-state index in [9.17, 15) is 9.90 Å². The van der Waals surface area contributed by atoms with E-state index < -0.39 is 5.97 Å². The number of aromatic carboxylic acids is 1. The molecule has 31 heavy (non-hydrogen) atoms. The van der Waals surface area contributed by atoms with E-state index in [4.69, 9.17) is 9.47 Å². The van der Waals surface area contributed by atoms with Crippen molar-refractivity contribution in [3.63, 3.8) is 0 Å². The monoisotopic (exact) mass is 429 g/mol. The van der Waals surface area contributed by atoms with Crippen molar-refractivity contribution in [2.24, 2.45) is 11.8 Å². The average Bonchev–Trinajstić information content (AvgIpc) is 2.73. The Kier molecular flexibility index (Phi) is 10.6. The summed E-state index contributed by atoms with van der Waals surface area (Å²) in [6, 6.07) is 7.06. The highest BCUT2D eigenvalue weighted by atomic mass is 16.5. The van der Waals surface area contributed by atoms with Crippen molar-refractivity contribution in [2.45, 2.75) is 79.1 Å². The Morgan fingerprint density at radius 2 is 1.65 bits per heavy atom. The van der Waals surface area contributed by atoms with Crippen LogP contribution in [0, 0.1) is 11.8 Å². The van der Waals surface area contributed by atoms with Gasteiger partial charge in [0.2, 0.25) is 0 Å². The summed E-state index contributed by atoms with van der Waals surface area (Å²) in [6.07, 6.45) is 9.20. The van der Waals surface area contributed by atoms with Gasteiger partial charge in [-0.2, -0.15) is 0 Å². The Hall–Kier alpha value is -2.30. The highest BCUT2D eigenvalue weighted by Gasteiger charge is 2.14. The molecule has 1 unspecified atom stereocenters. The molecule has 1 N–H and O–H groups in total. The van der Waals surface area contributed by atoms with Crippen LogP contribution >= 0.6 is 0 Å². The molecule has 0 radical (unpaired) electrons. The summed E-state index contributed by atoms with van der Waals surface area (Å²) in [5.41, 5.74) is 0.567. The molecule has 2 rings (SSSR count). The molecule has 0 saturated carbocycles. The molecule has 0 saturated heterocycles. The predicted molar refractivity (Wildman–Crippen MR) is 126 cm³/mol. The summed E-state index contributed by atoms with van der Waals surface area (Å²) >= 11 is 0. The fraction of sp³-hybridized carbons (Fsp3) is 0.615. The number of ether oxygens (including phenoxy) is 2. The second-order valence-electron chi connectivity index (χ2n) is 8.94. The number of hydrogen-bond acceptors (Lipinski definition) is 4. The number of fused-ring (bicyclic) bond motifs is 1. The van der Waals surface area contributed by atoms with Crippen LogP contribution in [-0.2, 0) is 0 Å². The van der Waals surface area contributed by atoms with Gasteiger partial charge in [-0.25, -0.2) is 9.78 Å². The van der Waals surface area contributed by atoms with E-state index in [-0.39, 0.29) is 5.69 Å². The molecule has 1 atom stereocenters. The third kappa shape index (κ3) is 8.39. The molecule has 172 valence electrons. The topological polar surface area (TPSA) is 68.7 Å². The average molecular weight is 430 g/mol. The summed E-state index contributed by atoms with van der Waals surface area (Å²) in [5, 5.41) is 10.1. The lowest BCUT2D eigenvalue weighted by Gasteiger charge is -2.15. The number of nitrogens with zero attached hydrogens (tertiary/aromatic N) is 1. The molecule has 1 heterocycles. The molecular formula is C26H39NO4. The van der Waals surface area contributed by atoms with Gasteiger partial charge in [0.15, 0.2) is 0 Å². The molecule has 0 bridgehead atoms. The number of benzene rings is 1. The Morgan fingerprint density at radius 3 is 2.35 bits per heavy atom. The molecule has 5 nitrogen and oxygen atoms in total. The fourth-order valence-electron chi connectivity index (χ4n) is 3.63. The maximum atomic E-state index is 11.4. The molecule has 0 aliphatic carbocycles. The first-order valence-corrected chi connectivity index (χ1v) is 11.8.